The molecule has 0 aliphatic carbocycles. The van der Waals surface area contributed by atoms with Gasteiger partial charge >= 0.3 is 0 Å². The largest absolute Gasteiger partial charge is 0.372 e. The van der Waals surface area contributed by atoms with Crippen LogP contribution in [0.25, 0.3) is 0 Å². The molecule has 1 aliphatic rings. The van der Waals surface area contributed by atoms with Crippen molar-refractivity contribution in [2.24, 2.45) is 0 Å². The highest BCUT2D eigenvalue weighted by atomic mass is 127. The maximum Gasteiger partial charge on any atom is 0.283 e. The van der Waals surface area contributed by atoms with E-state index in [4.69, 9.17) is 4.74 Å². The molecule has 4 heteroatoms. The lowest BCUT2D eigenvalue weighted by molar-refractivity contribution is -0.0511. The van der Waals surface area contributed by atoms with Gasteiger partial charge in [0, 0.05) is 35.7 Å². The summed E-state index contributed by atoms with van der Waals surface area (Å²) in [6.07, 6.45) is 0.356. The van der Waals surface area contributed by atoms with Crippen LogP contribution in [-0.2, 0) is 4.74 Å². The zero-order valence-electron chi connectivity index (χ0n) is 6.71. The normalized spacial score (nSPS) is 32.1. The van der Waals surface area contributed by atoms with Crippen LogP contribution in [0.4, 0.5) is 4.79 Å². The van der Waals surface area contributed by atoms with Gasteiger partial charge in [-0.05, 0) is 13.8 Å². The maximum absolute atomic E-state index is 10.9. The Morgan fingerprint density at radius 2 is 1.91 bits per heavy atom. The summed E-state index contributed by atoms with van der Waals surface area (Å²) in [5.41, 5.74) is 0. The van der Waals surface area contributed by atoms with Gasteiger partial charge < -0.3 is 9.64 Å². The molecule has 11 heavy (non-hydrogen) atoms. The lowest BCUT2D eigenvalue weighted by Gasteiger charge is -2.33. The molecule has 2 atom stereocenters. The Balaban J connectivity index is 2.49. The summed E-state index contributed by atoms with van der Waals surface area (Å²) >= 11 is 1.81. The molecular formula is C7H12INO2. The third-order valence-electron chi connectivity index (χ3n) is 1.67. The first-order valence-corrected chi connectivity index (χ1v) is 4.77. The molecule has 1 fully saturated rings. The predicted octanol–water partition coefficient (Wildman–Crippen LogP) is 1.65. The highest BCUT2D eigenvalue weighted by molar-refractivity contribution is 14.1. The molecule has 0 spiro atoms. The van der Waals surface area contributed by atoms with E-state index in [1.807, 2.05) is 41.3 Å². The number of hydrogen-bond acceptors (Lipinski definition) is 2. The Bertz CT molecular complexity index is 153. The van der Waals surface area contributed by atoms with Gasteiger partial charge in [0.1, 0.15) is 0 Å². The van der Waals surface area contributed by atoms with Crippen LogP contribution in [0.3, 0.4) is 0 Å². The monoisotopic (exact) mass is 269 g/mol. The van der Waals surface area contributed by atoms with Crippen molar-refractivity contribution >= 4 is 26.5 Å². The summed E-state index contributed by atoms with van der Waals surface area (Å²) in [6, 6.07) is 0. The molecule has 1 aliphatic heterocycles. The maximum atomic E-state index is 10.9. The van der Waals surface area contributed by atoms with Gasteiger partial charge in [-0.2, -0.15) is 0 Å². The van der Waals surface area contributed by atoms with Crippen molar-refractivity contribution in [1.29, 1.82) is 0 Å². The van der Waals surface area contributed by atoms with Gasteiger partial charge in [0.15, 0.2) is 0 Å². The van der Waals surface area contributed by atoms with Crippen LogP contribution in [-0.4, -0.2) is 34.1 Å². The van der Waals surface area contributed by atoms with Crippen LogP contribution in [0.1, 0.15) is 13.8 Å². The number of rotatable bonds is 0. The quantitative estimate of drug-likeness (QED) is 0.380. The van der Waals surface area contributed by atoms with E-state index in [0.29, 0.717) is 0 Å². The summed E-state index contributed by atoms with van der Waals surface area (Å²) in [5, 5.41) is 0. The Labute approximate surface area is 80.2 Å². The molecule has 1 rings (SSSR count). The first-order valence-electron chi connectivity index (χ1n) is 3.69. The summed E-state index contributed by atoms with van der Waals surface area (Å²) in [7, 11) is 0. The highest BCUT2D eigenvalue weighted by Crippen LogP contribution is 2.12. The van der Waals surface area contributed by atoms with E-state index in [0.717, 1.165) is 13.1 Å². The van der Waals surface area contributed by atoms with Crippen molar-refractivity contribution < 1.29 is 9.53 Å². The van der Waals surface area contributed by atoms with Crippen molar-refractivity contribution in [1.82, 2.24) is 4.90 Å². The number of ether oxygens (including phenoxy) is 1. The predicted molar refractivity (Wildman–Crippen MR) is 51.0 cm³/mol. The van der Waals surface area contributed by atoms with Crippen LogP contribution in [0, 0.1) is 0 Å². The Kier molecular flexibility index (Phi) is 3.12. The third kappa shape index (κ3) is 2.59. The topological polar surface area (TPSA) is 29.5 Å². The molecule has 0 unspecified atom stereocenters. The molecule has 0 saturated carbocycles. The van der Waals surface area contributed by atoms with E-state index >= 15 is 0 Å². The Hall–Kier alpha value is 0.160. The lowest BCUT2D eigenvalue weighted by Crippen LogP contribution is -2.46. The molecule has 1 heterocycles. The van der Waals surface area contributed by atoms with Crippen LogP contribution in [0.15, 0.2) is 0 Å². The molecule has 64 valence electrons. The van der Waals surface area contributed by atoms with E-state index in [1.54, 1.807) is 0 Å². The number of amides is 1. The summed E-state index contributed by atoms with van der Waals surface area (Å²) in [6.45, 7) is 5.43. The minimum absolute atomic E-state index is 0.115. The minimum Gasteiger partial charge on any atom is -0.372 e. The summed E-state index contributed by atoms with van der Waals surface area (Å²) in [4.78, 5) is 12.8. The minimum atomic E-state index is 0.115. The molecule has 0 aromatic carbocycles. The Morgan fingerprint density at radius 1 is 1.45 bits per heavy atom. The molecule has 0 radical (unpaired) electrons. The van der Waals surface area contributed by atoms with Gasteiger partial charge in [-0.25, -0.2) is 0 Å². The lowest BCUT2D eigenvalue weighted by atomic mass is 10.2. The zero-order valence-corrected chi connectivity index (χ0v) is 8.87. The third-order valence-corrected chi connectivity index (χ3v) is 2.35. The first-order chi connectivity index (χ1) is 5.09. The van der Waals surface area contributed by atoms with Gasteiger partial charge in [-0.15, -0.1) is 0 Å². The molecule has 0 aromatic heterocycles. The van der Waals surface area contributed by atoms with E-state index in [-0.39, 0.29) is 16.1 Å². The number of nitrogens with zero attached hydrogens (tertiary/aromatic N) is 1. The summed E-state index contributed by atoms with van der Waals surface area (Å²) < 4.78 is 5.58. The fourth-order valence-electron chi connectivity index (χ4n) is 1.32. The number of carbonyl (C=O) groups excluding carboxylic acids is 1. The molecular weight excluding hydrogens is 257 g/mol. The summed E-state index contributed by atoms with van der Waals surface area (Å²) in [5.74, 6) is 0. The smallest absolute Gasteiger partial charge is 0.283 e. The van der Waals surface area contributed by atoms with E-state index in [2.05, 4.69) is 0 Å². The van der Waals surface area contributed by atoms with Gasteiger partial charge in [-0.3, -0.25) is 4.79 Å². The molecule has 1 amide bonds. The molecule has 3 nitrogen and oxygen atoms in total. The molecule has 0 aromatic rings. The number of carbonyl (C=O) groups is 1. The van der Waals surface area contributed by atoms with Gasteiger partial charge in [0.05, 0.1) is 12.2 Å². The van der Waals surface area contributed by atoms with Crippen LogP contribution in [0.5, 0.6) is 0 Å². The average molecular weight is 269 g/mol. The second-order valence-corrected chi connectivity index (χ2v) is 3.84. The van der Waals surface area contributed by atoms with E-state index < -0.39 is 0 Å². The fraction of sp³-hybridized carbons (Fsp3) is 0.857. The average Bonchev–Trinajstić information content (AvgIpc) is 1.85. The van der Waals surface area contributed by atoms with Gasteiger partial charge in [0.2, 0.25) is 0 Å². The van der Waals surface area contributed by atoms with Crippen LogP contribution in [0.2, 0.25) is 0 Å². The standard InChI is InChI=1S/C7H12INO2/c1-5-3-9(7(8)10)4-6(2)11-5/h5-6H,3-4H2,1-2H3/t5-,6+. The fourth-order valence-corrected chi connectivity index (χ4v) is 1.72. The van der Waals surface area contributed by atoms with Gasteiger partial charge in [-0.1, -0.05) is 0 Å². The van der Waals surface area contributed by atoms with Gasteiger partial charge in [0.25, 0.3) is 3.91 Å². The van der Waals surface area contributed by atoms with Crippen molar-refractivity contribution in [2.45, 2.75) is 26.1 Å². The molecule has 1 saturated heterocycles. The second-order valence-electron chi connectivity index (χ2n) is 2.92. The first kappa shape index (κ1) is 9.25. The molecule has 0 N–H and O–H groups in total. The SMILES string of the molecule is C[C@@H]1CN(C(=O)I)C[C@H](C)O1. The van der Waals surface area contributed by atoms with Crippen molar-refractivity contribution in [3.8, 4) is 0 Å². The molecule has 0 bridgehead atoms. The number of hydrogen-bond donors (Lipinski definition) is 0. The Morgan fingerprint density at radius 3 is 2.27 bits per heavy atom. The second kappa shape index (κ2) is 3.71. The van der Waals surface area contributed by atoms with E-state index in [9.17, 15) is 4.79 Å². The number of halogens is 1. The number of morpholine rings is 1. The van der Waals surface area contributed by atoms with Crippen LogP contribution >= 0.6 is 22.6 Å². The van der Waals surface area contributed by atoms with Crippen LogP contribution < -0.4 is 0 Å². The van der Waals surface area contributed by atoms with Crippen molar-refractivity contribution in [2.75, 3.05) is 13.1 Å². The highest BCUT2D eigenvalue weighted by Gasteiger charge is 2.23. The van der Waals surface area contributed by atoms with E-state index in [1.165, 1.54) is 0 Å². The van der Waals surface area contributed by atoms with Crippen molar-refractivity contribution in [3.05, 3.63) is 0 Å². The van der Waals surface area contributed by atoms with Crippen molar-refractivity contribution in [3.63, 3.8) is 0 Å². The zero-order chi connectivity index (χ0) is 8.43.